The Bertz CT molecular complexity index is 1270. The molecule has 3 aliphatic heterocycles. The molecule has 37 heavy (non-hydrogen) atoms. The lowest BCUT2D eigenvalue weighted by atomic mass is 9.79. The molecule has 0 radical (unpaired) electrons. The molecule has 10 heteroatoms. The van der Waals surface area contributed by atoms with Crippen molar-refractivity contribution in [1.82, 2.24) is 20.1 Å². The van der Waals surface area contributed by atoms with Crippen LogP contribution in [0.4, 0.5) is 13.2 Å². The van der Waals surface area contributed by atoms with Crippen molar-refractivity contribution in [2.24, 2.45) is 5.41 Å². The highest BCUT2D eigenvalue weighted by atomic mass is 19.4. The predicted octanol–water partition coefficient (Wildman–Crippen LogP) is 3.63. The second kappa shape index (κ2) is 8.65. The number of fused-ring (bicyclic) bond motifs is 1. The van der Waals surface area contributed by atoms with E-state index < -0.39 is 23.7 Å². The molecule has 1 saturated carbocycles. The number of hydrogen-bond acceptors (Lipinski definition) is 5. The summed E-state index contributed by atoms with van der Waals surface area (Å²) in [7, 11) is 0. The van der Waals surface area contributed by atoms with Gasteiger partial charge in [0, 0.05) is 31.1 Å². The van der Waals surface area contributed by atoms with Gasteiger partial charge in [0.25, 0.3) is 5.91 Å². The van der Waals surface area contributed by atoms with Crippen molar-refractivity contribution < 1.29 is 27.6 Å². The zero-order valence-corrected chi connectivity index (χ0v) is 20.2. The van der Waals surface area contributed by atoms with Crippen LogP contribution in [0, 0.1) is 5.41 Å². The van der Waals surface area contributed by atoms with Crippen molar-refractivity contribution in [2.45, 2.75) is 63.3 Å². The fraction of sp³-hybridized carbons (Fsp3) is 0.481. The number of rotatable bonds is 4. The number of hydrogen-bond donors (Lipinski definition) is 1. The Morgan fingerprint density at radius 2 is 1.78 bits per heavy atom. The zero-order chi connectivity index (χ0) is 25.9. The number of nitrogens with zero attached hydrogens (tertiary/aromatic N) is 3. The van der Waals surface area contributed by atoms with Crippen molar-refractivity contribution in [3.63, 3.8) is 0 Å². The largest absolute Gasteiger partial charge is 0.416 e. The van der Waals surface area contributed by atoms with Gasteiger partial charge in [-0.1, -0.05) is 12.1 Å². The summed E-state index contributed by atoms with van der Waals surface area (Å²) in [5.74, 6) is -0.724. The van der Waals surface area contributed by atoms with Gasteiger partial charge in [-0.25, -0.2) is 0 Å². The highest BCUT2D eigenvalue weighted by molar-refractivity contribution is 6.05. The third-order valence-corrected chi connectivity index (χ3v) is 8.34. The van der Waals surface area contributed by atoms with E-state index in [-0.39, 0.29) is 36.1 Å². The van der Waals surface area contributed by atoms with Crippen molar-refractivity contribution in [2.75, 3.05) is 13.1 Å². The van der Waals surface area contributed by atoms with Crippen LogP contribution in [0.2, 0.25) is 0 Å². The smallest absolute Gasteiger partial charge is 0.321 e. The Labute approximate surface area is 212 Å². The molecule has 194 valence electrons. The summed E-state index contributed by atoms with van der Waals surface area (Å²) >= 11 is 0. The van der Waals surface area contributed by atoms with Gasteiger partial charge >= 0.3 is 6.18 Å². The highest BCUT2D eigenvalue weighted by Gasteiger charge is 2.53. The van der Waals surface area contributed by atoms with Gasteiger partial charge in [0.15, 0.2) is 0 Å². The molecular weight excluding hydrogens is 485 g/mol. The normalized spacial score (nSPS) is 25.4. The van der Waals surface area contributed by atoms with Gasteiger partial charge < -0.3 is 4.90 Å². The molecule has 4 heterocycles. The summed E-state index contributed by atoms with van der Waals surface area (Å²) in [4.78, 5) is 45.5. The minimum atomic E-state index is -4.33. The maximum Gasteiger partial charge on any atom is 0.416 e. The number of imide groups is 1. The van der Waals surface area contributed by atoms with E-state index in [0.29, 0.717) is 24.2 Å². The van der Waals surface area contributed by atoms with Crippen LogP contribution in [0.5, 0.6) is 0 Å². The summed E-state index contributed by atoms with van der Waals surface area (Å²) in [6.45, 7) is 2.54. The first-order valence-corrected chi connectivity index (χ1v) is 12.7. The van der Waals surface area contributed by atoms with Crippen LogP contribution in [-0.4, -0.2) is 51.6 Å². The number of benzene rings is 1. The molecule has 4 aliphatic rings. The standard InChI is InChI=1S/C27H27F3N4O3/c28-27(29,30)17-3-1-16(2-4-17)13-33-12-9-19(26(15-33)10-11-26)20-6-5-18-21(31-20)14-34(25(18)37)22-7-8-23(35)32-24(22)36/h1-6,19,22H,7-15H2,(H,32,35,36). The minimum Gasteiger partial charge on any atom is -0.321 e. The highest BCUT2D eigenvalue weighted by Crippen LogP contribution is 2.59. The van der Waals surface area contributed by atoms with Crippen LogP contribution in [0.15, 0.2) is 36.4 Å². The van der Waals surface area contributed by atoms with E-state index >= 15 is 0 Å². The lowest BCUT2D eigenvalue weighted by Crippen LogP contribution is -2.52. The summed E-state index contributed by atoms with van der Waals surface area (Å²) in [5.41, 5.74) is 2.48. The van der Waals surface area contributed by atoms with Crippen LogP contribution in [0.3, 0.4) is 0 Å². The second-order valence-electron chi connectivity index (χ2n) is 10.7. The number of pyridine rings is 1. The molecule has 2 unspecified atom stereocenters. The number of nitrogens with one attached hydrogen (secondary N) is 1. The lowest BCUT2D eigenvalue weighted by molar-refractivity contribution is -0.138. The van der Waals surface area contributed by atoms with E-state index in [2.05, 4.69) is 10.2 Å². The molecule has 6 rings (SSSR count). The van der Waals surface area contributed by atoms with E-state index in [1.54, 1.807) is 12.1 Å². The monoisotopic (exact) mass is 512 g/mol. The molecule has 2 aromatic rings. The fourth-order valence-corrected chi connectivity index (χ4v) is 6.22. The number of halogens is 3. The Kier molecular flexibility index (Phi) is 5.63. The Hall–Kier alpha value is -3.27. The molecule has 1 N–H and O–H groups in total. The Morgan fingerprint density at radius 3 is 2.46 bits per heavy atom. The van der Waals surface area contributed by atoms with Gasteiger partial charge in [-0.05, 0) is 67.5 Å². The van der Waals surface area contributed by atoms with E-state index in [4.69, 9.17) is 4.98 Å². The number of piperidine rings is 2. The number of aromatic nitrogens is 1. The van der Waals surface area contributed by atoms with Gasteiger partial charge in [-0.3, -0.25) is 29.6 Å². The van der Waals surface area contributed by atoms with Gasteiger partial charge in [-0.2, -0.15) is 13.2 Å². The molecule has 1 aliphatic carbocycles. The number of carbonyl (C=O) groups excluding carboxylic acids is 3. The van der Waals surface area contributed by atoms with E-state index in [0.717, 1.165) is 55.7 Å². The third kappa shape index (κ3) is 4.41. The van der Waals surface area contributed by atoms with Crippen molar-refractivity contribution in [1.29, 1.82) is 0 Å². The van der Waals surface area contributed by atoms with E-state index in [9.17, 15) is 27.6 Å². The van der Waals surface area contributed by atoms with Crippen LogP contribution in [0.1, 0.15) is 70.9 Å². The molecule has 3 amide bonds. The average molecular weight is 513 g/mol. The topological polar surface area (TPSA) is 82.6 Å². The number of alkyl halides is 3. The zero-order valence-electron chi connectivity index (χ0n) is 20.2. The second-order valence-corrected chi connectivity index (χ2v) is 10.7. The van der Waals surface area contributed by atoms with E-state index in [1.807, 2.05) is 12.1 Å². The van der Waals surface area contributed by atoms with Crippen molar-refractivity contribution in [3.05, 3.63) is 64.5 Å². The quantitative estimate of drug-likeness (QED) is 0.633. The molecule has 0 bridgehead atoms. The maximum absolute atomic E-state index is 13.0. The first-order chi connectivity index (χ1) is 17.6. The van der Waals surface area contributed by atoms with Crippen LogP contribution < -0.4 is 5.32 Å². The molecule has 1 aromatic carbocycles. The first kappa shape index (κ1) is 24.1. The van der Waals surface area contributed by atoms with Crippen LogP contribution >= 0.6 is 0 Å². The number of likely N-dealkylation sites (tertiary alicyclic amines) is 1. The Morgan fingerprint density at radius 1 is 1.03 bits per heavy atom. The molecule has 2 saturated heterocycles. The molecule has 3 fully saturated rings. The Balaban J connectivity index is 1.14. The van der Waals surface area contributed by atoms with Crippen molar-refractivity contribution >= 4 is 17.7 Å². The minimum absolute atomic E-state index is 0.0946. The average Bonchev–Trinajstić information content (AvgIpc) is 3.53. The van der Waals surface area contributed by atoms with Crippen molar-refractivity contribution in [3.8, 4) is 0 Å². The summed E-state index contributed by atoms with van der Waals surface area (Å²) < 4.78 is 38.6. The van der Waals surface area contributed by atoms with Crippen LogP contribution in [-0.2, 0) is 28.9 Å². The molecular formula is C27H27F3N4O3. The SMILES string of the molecule is O=C1CCC(N2Cc3nc(C4CCN(Cc5ccc(C(F)(F)F)cc5)CC45CC5)ccc3C2=O)C(=O)N1. The van der Waals surface area contributed by atoms with Gasteiger partial charge in [-0.15, -0.1) is 0 Å². The molecule has 1 spiro atoms. The van der Waals surface area contributed by atoms with Gasteiger partial charge in [0.1, 0.15) is 6.04 Å². The first-order valence-electron chi connectivity index (χ1n) is 12.7. The fourth-order valence-electron chi connectivity index (χ4n) is 6.22. The summed E-state index contributed by atoms with van der Waals surface area (Å²) in [6.07, 6.45) is -0.776. The number of amides is 3. The molecule has 2 atom stereocenters. The third-order valence-electron chi connectivity index (χ3n) is 8.34. The molecule has 1 aromatic heterocycles. The summed E-state index contributed by atoms with van der Waals surface area (Å²) in [5, 5.41) is 2.32. The van der Waals surface area contributed by atoms with E-state index in [1.165, 1.54) is 4.90 Å². The maximum atomic E-state index is 13.0. The van der Waals surface area contributed by atoms with Gasteiger partial charge in [0.05, 0.1) is 23.4 Å². The summed E-state index contributed by atoms with van der Waals surface area (Å²) in [6, 6.07) is 8.48. The lowest BCUT2D eigenvalue weighted by Gasteiger charge is -2.39. The van der Waals surface area contributed by atoms with Crippen LogP contribution in [0.25, 0.3) is 0 Å². The van der Waals surface area contributed by atoms with Gasteiger partial charge in [0.2, 0.25) is 11.8 Å². The molecule has 7 nitrogen and oxygen atoms in total. The predicted molar refractivity (Wildman–Crippen MR) is 126 cm³/mol. The number of carbonyl (C=O) groups is 3.